The molecule has 0 saturated carbocycles. The third-order valence-electron chi connectivity index (χ3n) is 1.93. The number of amides is 1. The highest BCUT2D eigenvalue weighted by atomic mass is 127. The molecular formula is C12H13F3INO2. The van der Waals surface area contributed by atoms with E-state index in [0.29, 0.717) is 3.57 Å². The summed E-state index contributed by atoms with van der Waals surface area (Å²) in [6.45, 7) is 5.01. The highest BCUT2D eigenvalue weighted by Gasteiger charge is 2.31. The molecule has 1 aromatic carbocycles. The average molecular weight is 387 g/mol. The quantitative estimate of drug-likeness (QED) is 0.713. The van der Waals surface area contributed by atoms with Gasteiger partial charge in [-0.1, -0.05) is 0 Å². The van der Waals surface area contributed by atoms with Crippen molar-refractivity contribution in [2.45, 2.75) is 32.5 Å². The molecule has 1 N–H and O–H groups in total. The zero-order chi connectivity index (χ0) is 14.8. The van der Waals surface area contributed by atoms with Crippen LogP contribution in [0.15, 0.2) is 18.2 Å². The Morgan fingerprint density at radius 1 is 1.26 bits per heavy atom. The van der Waals surface area contributed by atoms with Crippen LogP contribution in [0.2, 0.25) is 0 Å². The van der Waals surface area contributed by atoms with Crippen molar-refractivity contribution in [3.63, 3.8) is 0 Å². The minimum absolute atomic E-state index is 0.0738. The summed E-state index contributed by atoms with van der Waals surface area (Å²) in [6, 6.07) is 3.13. The Kier molecular flexibility index (Phi) is 4.70. The van der Waals surface area contributed by atoms with Crippen LogP contribution in [0.4, 0.5) is 23.7 Å². The van der Waals surface area contributed by atoms with Gasteiger partial charge < -0.3 is 4.74 Å². The Balaban J connectivity index is 2.92. The maximum absolute atomic E-state index is 12.6. The monoisotopic (exact) mass is 387 g/mol. The van der Waals surface area contributed by atoms with Crippen LogP contribution in [0, 0.1) is 3.57 Å². The molecule has 19 heavy (non-hydrogen) atoms. The number of ether oxygens (including phenoxy) is 1. The number of hydrogen-bond acceptors (Lipinski definition) is 2. The van der Waals surface area contributed by atoms with Gasteiger partial charge in [-0.15, -0.1) is 0 Å². The number of nitrogens with one attached hydrogen (secondary N) is 1. The summed E-state index contributed by atoms with van der Waals surface area (Å²) in [5.74, 6) is 0. The number of hydrogen-bond donors (Lipinski definition) is 1. The van der Waals surface area contributed by atoms with Crippen molar-refractivity contribution in [2.24, 2.45) is 0 Å². The van der Waals surface area contributed by atoms with Crippen LogP contribution in [-0.2, 0) is 10.9 Å². The fourth-order valence-electron chi connectivity index (χ4n) is 1.21. The van der Waals surface area contributed by atoms with Crippen LogP contribution in [0.3, 0.4) is 0 Å². The SMILES string of the molecule is CC(C)(C)OC(=O)Nc1cc(C(F)(F)F)ccc1I. The van der Waals surface area contributed by atoms with Crippen molar-refractivity contribution in [2.75, 3.05) is 5.32 Å². The topological polar surface area (TPSA) is 38.3 Å². The van der Waals surface area contributed by atoms with E-state index in [4.69, 9.17) is 4.74 Å². The minimum atomic E-state index is -4.45. The number of rotatable bonds is 1. The second-order valence-electron chi connectivity index (χ2n) is 4.82. The highest BCUT2D eigenvalue weighted by Crippen LogP contribution is 2.32. The summed E-state index contributed by atoms with van der Waals surface area (Å²) in [6.07, 6.45) is -5.24. The van der Waals surface area contributed by atoms with Crippen LogP contribution in [0.25, 0.3) is 0 Å². The molecule has 106 valence electrons. The van der Waals surface area contributed by atoms with Crippen molar-refractivity contribution in [3.05, 3.63) is 27.3 Å². The third kappa shape index (κ3) is 5.25. The molecule has 7 heteroatoms. The number of carbonyl (C=O) groups excluding carboxylic acids is 1. The van der Waals surface area contributed by atoms with E-state index < -0.39 is 23.4 Å². The number of halogens is 4. The molecule has 0 aliphatic rings. The average Bonchev–Trinajstić information content (AvgIpc) is 2.16. The van der Waals surface area contributed by atoms with Crippen molar-refractivity contribution in [1.29, 1.82) is 0 Å². The third-order valence-corrected chi connectivity index (χ3v) is 2.87. The van der Waals surface area contributed by atoms with E-state index in [-0.39, 0.29) is 5.69 Å². The molecule has 0 aliphatic carbocycles. The van der Waals surface area contributed by atoms with E-state index in [1.807, 2.05) is 22.6 Å². The molecule has 3 nitrogen and oxygen atoms in total. The van der Waals surface area contributed by atoms with Crippen LogP contribution in [0.1, 0.15) is 26.3 Å². The Bertz CT molecular complexity index is 481. The van der Waals surface area contributed by atoms with Gasteiger partial charge in [-0.05, 0) is 61.6 Å². The largest absolute Gasteiger partial charge is 0.444 e. The van der Waals surface area contributed by atoms with E-state index in [2.05, 4.69) is 5.32 Å². The summed E-state index contributed by atoms with van der Waals surface area (Å²) < 4.78 is 43.2. The van der Waals surface area contributed by atoms with Gasteiger partial charge in [0.15, 0.2) is 0 Å². The minimum Gasteiger partial charge on any atom is -0.444 e. The normalized spacial score (nSPS) is 12.2. The summed E-state index contributed by atoms with van der Waals surface area (Å²) in [5, 5.41) is 2.31. The number of anilines is 1. The maximum atomic E-state index is 12.6. The molecule has 0 heterocycles. The molecule has 1 amide bonds. The van der Waals surface area contributed by atoms with Gasteiger partial charge in [0, 0.05) is 3.57 Å². The fraction of sp³-hybridized carbons (Fsp3) is 0.417. The van der Waals surface area contributed by atoms with Gasteiger partial charge in [0.05, 0.1) is 11.3 Å². The first-order valence-corrected chi connectivity index (χ1v) is 6.44. The molecule has 0 fully saturated rings. The summed E-state index contributed by atoms with van der Waals surface area (Å²) in [5.41, 5.74) is -1.46. The van der Waals surface area contributed by atoms with Crippen molar-refractivity contribution < 1.29 is 22.7 Å². The highest BCUT2D eigenvalue weighted by molar-refractivity contribution is 14.1. The zero-order valence-corrected chi connectivity index (χ0v) is 12.7. The predicted octanol–water partition coefficient (Wildman–Crippen LogP) is 4.66. The number of benzene rings is 1. The van der Waals surface area contributed by atoms with E-state index >= 15 is 0 Å². The van der Waals surface area contributed by atoms with Gasteiger partial charge in [-0.2, -0.15) is 13.2 Å². The maximum Gasteiger partial charge on any atom is 0.416 e. The van der Waals surface area contributed by atoms with E-state index in [9.17, 15) is 18.0 Å². The van der Waals surface area contributed by atoms with Crippen molar-refractivity contribution >= 4 is 34.4 Å². The predicted molar refractivity (Wildman–Crippen MR) is 74.0 cm³/mol. The van der Waals surface area contributed by atoms with Gasteiger partial charge in [0.2, 0.25) is 0 Å². The van der Waals surface area contributed by atoms with Gasteiger partial charge in [0.25, 0.3) is 0 Å². The lowest BCUT2D eigenvalue weighted by atomic mass is 10.2. The van der Waals surface area contributed by atoms with Gasteiger partial charge in [-0.25, -0.2) is 4.79 Å². The molecule has 0 unspecified atom stereocenters. The number of alkyl halides is 3. The molecule has 1 rings (SSSR count). The standard InChI is InChI=1S/C12H13F3INO2/c1-11(2,3)19-10(18)17-9-6-7(12(13,14)15)4-5-8(9)16/h4-6H,1-3H3,(H,17,18). The van der Waals surface area contributed by atoms with Crippen LogP contribution >= 0.6 is 22.6 Å². The molecule has 0 radical (unpaired) electrons. The summed E-state index contributed by atoms with van der Waals surface area (Å²) >= 11 is 1.84. The van der Waals surface area contributed by atoms with E-state index in [1.54, 1.807) is 20.8 Å². The molecular weight excluding hydrogens is 374 g/mol. The molecule has 0 saturated heterocycles. The Morgan fingerprint density at radius 3 is 2.32 bits per heavy atom. The Hall–Kier alpha value is -0.990. The van der Waals surface area contributed by atoms with Gasteiger partial charge >= 0.3 is 12.3 Å². The lowest BCUT2D eigenvalue weighted by molar-refractivity contribution is -0.137. The second kappa shape index (κ2) is 5.56. The number of carbonyl (C=O) groups is 1. The fourth-order valence-corrected chi connectivity index (χ4v) is 1.68. The first kappa shape index (κ1) is 16.1. The van der Waals surface area contributed by atoms with Crippen LogP contribution < -0.4 is 5.32 Å². The van der Waals surface area contributed by atoms with Gasteiger partial charge in [-0.3, -0.25) is 5.32 Å². The summed E-state index contributed by atoms with van der Waals surface area (Å²) in [7, 11) is 0. The lowest BCUT2D eigenvalue weighted by Gasteiger charge is -2.20. The summed E-state index contributed by atoms with van der Waals surface area (Å²) in [4.78, 5) is 11.5. The first-order valence-electron chi connectivity index (χ1n) is 5.36. The van der Waals surface area contributed by atoms with E-state index in [0.717, 1.165) is 12.1 Å². The van der Waals surface area contributed by atoms with Crippen LogP contribution in [-0.4, -0.2) is 11.7 Å². The van der Waals surface area contributed by atoms with Crippen LogP contribution in [0.5, 0.6) is 0 Å². The molecule has 1 aromatic rings. The molecule has 0 aliphatic heterocycles. The Morgan fingerprint density at radius 2 is 1.84 bits per heavy atom. The molecule has 0 aromatic heterocycles. The van der Waals surface area contributed by atoms with Gasteiger partial charge in [0.1, 0.15) is 5.60 Å². The first-order chi connectivity index (χ1) is 8.49. The van der Waals surface area contributed by atoms with Crippen molar-refractivity contribution in [3.8, 4) is 0 Å². The molecule has 0 atom stereocenters. The smallest absolute Gasteiger partial charge is 0.416 e. The zero-order valence-electron chi connectivity index (χ0n) is 10.6. The Labute approximate surface area is 122 Å². The molecule has 0 bridgehead atoms. The lowest BCUT2D eigenvalue weighted by Crippen LogP contribution is -2.27. The van der Waals surface area contributed by atoms with E-state index in [1.165, 1.54) is 6.07 Å². The second-order valence-corrected chi connectivity index (χ2v) is 5.98. The van der Waals surface area contributed by atoms with Crippen molar-refractivity contribution in [1.82, 2.24) is 0 Å². The molecule has 0 spiro atoms.